The number of ketones is 1. The van der Waals surface area contributed by atoms with Crippen LogP contribution < -0.4 is 26.8 Å². The van der Waals surface area contributed by atoms with Gasteiger partial charge in [-0.05, 0) is 61.7 Å². The molecule has 0 aliphatic carbocycles. The van der Waals surface area contributed by atoms with Crippen molar-refractivity contribution in [2.24, 2.45) is 16.5 Å². The van der Waals surface area contributed by atoms with Gasteiger partial charge in [0.15, 0.2) is 5.96 Å². The molecule has 0 aliphatic rings. The molecular weight excluding hydrogens is 706 g/mol. The van der Waals surface area contributed by atoms with E-state index in [2.05, 4.69) is 32.5 Å². The molecule has 1 aromatic heterocycles. The molecule has 16 heteroatoms. The van der Waals surface area contributed by atoms with Gasteiger partial charge < -0.3 is 50.5 Å². The summed E-state index contributed by atoms with van der Waals surface area (Å²) in [4.78, 5) is 36.5. The van der Waals surface area contributed by atoms with E-state index in [9.17, 15) is 9.59 Å². The Bertz CT molecular complexity index is 1530. The monoisotopic (exact) mass is 759 g/mol. The molecule has 0 radical (unpaired) electrons. The maximum absolute atomic E-state index is 12.1. The average molecular weight is 760 g/mol. The van der Waals surface area contributed by atoms with Gasteiger partial charge in [0.25, 0.3) is 5.95 Å². The number of fused-ring (bicyclic) bond motifs is 1. The van der Waals surface area contributed by atoms with Gasteiger partial charge in [0.2, 0.25) is 0 Å². The van der Waals surface area contributed by atoms with Crippen molar-refractivity contribution in [2.75, 3.05) is 85.8 Å². The highest BCUT2D eigenvalue weighted by molar-refractivity contribution is 6.31. The van der Waals surface area contributed by atoms with Crippen LogP contribution in [0.2, 0.25) is 5.02 Å². The van der Waals surface area contributed by atoms with Gasteiger partial charge >= 0.3 is 6.03 Å². The number of aromatic nitrogens is 2. The minimum absolute atomic E-state index is 0.130. The first-order chi connectivity index (χ1) is 25.9. The number of amides is 2. The summed E-state index contributed by atoms with van der Waals surface area (Å²) < 4.78 is 33.5. The Hall–Kier alpha value is -4.12. The SMILES string of the molecule is CCCCNC(=O)NCCOCCOCCCC(=O)CCCOCCOCCOCCOc1ccc(-c2nc(N=C(N)N)nc3ccc(Cl)cc23)cc1. The maximum Gasteiger partial charge on any atom is 0.314 e. The van der Waals surface area contributed by atoms with Crippen LogP contribution in [-0.2, 0) is 28.5 Å². The molecule has 3 aromatic rings. The van der Waals surface area contributed by atoms with Gasteiger partial charge in [-0.2, -0.15) is 4.99 Å². The van der Waals surface area contributed by atoms with Crippen molar-refractivity contribution in [3.05, 3.63) is 47.5 Å². The second kappa shape index (κ2) is 26.6. The van der Waals surface area contributed by atoms with E-state index in [-0.39, 0.29) is 23.7 Å². The Balaban J connectivity index is 1.11. The Morgan fingerprint density at radius 2 is 1.30 bits per heavy atom. The van der Waals surface area contributed by atoms with Gasteiger partial charge in [0.1, 0.15) is 18.1 Å². The molecular formula is C37H54ClN7O8. The molecule has 0 bridgehead atoms. The van der Waals surface area contributed by atoms with Crippen molar-refractivity contribution in [2.45, 2.75) is 45.4 Å². The largest absolute Gasteiger partial charge is 0.491 e. The summed E-state index contributed by atoms with van der Waals surface area (Å²) in [5.74, 6) is 0.918. The van der Waals surface area contributed by atoms with E-state index in [1.54, 1.807) is 18.2 Å². The molecule has 3 rings (SSSR count). The van der Waals surface area contributed by atoms with Gasteiger partial charge in [0.05, 0.1) is 64.1 Å². The summed E-state index contributed by atoms with van der Waals surface area (Å²) in [6, 6.07) is 12.7. The molecule has 0 spiro atoms. The van der Waals surface area contributed by atoms with Crippen LogP contribution in [0.15, 0.2) is 47.5 Å². The number of nitrogens with one attached hydrogen (secondary N) is 2. The number of unbranched alkanes of at least 4 members (excludes halogenated alkanes) is 1. The molecule has 0 saturated carbocycles. The lowest BCUT2D eigenvalue weighted by Crippen LogP contribution is -2.37. The summed E-state index contributed by atoms with van der Waals surface area (Å²) >= 11 is 6.23. The fourth-order valence-corrected chi connectivity index (χ4v) is 4.98. The summed E-state index contributed by atoms with van der Waals surface area (Å²) in [7, 11) is 0. The van der Waals surface area contributed by atoms with Crippen molar-refractivity contribution in [3.8, 4) is 17.0 Å². The number of ether oxygens (including phenoxy) is 6. The lowest BCUT2D eigenvalue weighted by Gasteiger charge is -2.10. The zero-order valence-electron chi connectivity index (χ0n) is 30.6. The number of nitrogens with zero attached hydrogens (tertiary/aromatic N) is 3. The number of guanidine groups is 1. The zero-order valence-corrected chi connectivity index (χ0v) is 31.4. The van der Waals surface area contributed by atoms with Crippen LogP contribution in [0.25, 0.3) is 22.2 Å². The minimum Gasteiger partial charge on any atom is -0.491 e. The molecule has 0 aliphatic heterocycles. The predicted octanol–water partition coefficient (Wildman–Crippen LogP) is 4.55. The van der Waals surface area contributed by atoms with Crippen LogP contribution in [0, 0.1) is 0 Å². The first-order valence-corrected chi connectivity index (χ1v) is 18.5. The number of halogens is 1. The fraction of sp³-hybridized carbons (Fsp3) is 0.541. The first kappa shape index (κ1) is 43.3. The Kier molecular flexibility index (Phi) is 21.7. The highest BCUT2D eigenvalue weighted by Gasteiger charge is 2.11. The normalized spacial score (nSPS) is 11.1. The van der Waals surface area contributed by atoms with Crippen molar-refractivity contribution in [1.82, 2.24) is 20.6 Å². The third-order valence-corrected chi connectivity index (χ3v) is 7.69. The fourth-order valence-electron chi connectivity index (χ4n) is 4.81. The van der Waals surface area contributed by atoms with Gasteiger partial charge in [-0.1, -0.05) is 24.9 Å². The summed E-state index contributed by atoms with van der Waals surface area (Å²) in [5.41, 5.74) is 13.2. The highest BCUT2D eigenvalue weighted by atomic mass is 35.5. The van der Waals surface area contributed by atoms with E-state index in [1.807, 2.05) is 24.3 Å². The summed E-state index contributed by atoms with van der Waals surface area (Å²) in [6.45, 7) is 8.12. The molecule has 2 amide bonds. The zero-order chi connectivity index (χ0) is 37.9. The summed E-state index contributed by atoms with van der Waals surface area (Å²) in [6.07, 6.45) is 4.33. The third-order valence-electron chi connectivity index (χ3n) is 7.45. The highest BCUT2D eigenvalue weighted by Crippen LogP contribution is 2.31. The molecule has 0 atom stereocenters. The van der Waals surface area contributed by atoms with Gasteiger partial charge in [-0.15, -0.1) is 0 Å². The van der Waals surface area contributed by atoms with E-state index >= 15 is 0 Å². The molecule has 53 heavy (non-hydrogen) atoms. The van der Waals surface area contributed by atoms with E-state index in [0.29, 0.717) is 133 Å². The second-order valence-electron chi connectivity index (χ2n) is 11.8. The average Bonchev–Trinajstić information content (AvgIpc) is 3.14. The standard InChI is InChI=1S/C37H54ClN7O8/c1-2-3-14-41-37(47)42-15-18-50-21-19-48-16-4-6-30(46)7-5-17-49-20-22-51-23-24-52-25-26-53-31-11-8-28(9-12-31)34-32-27-29(38)10-13-33(32)43-36(44-34)45-35(39)40/h8-13,27H,2-7,14-26H2,1H3,(H2,41,42,47)(H4,39,40,43,44,45). The van der Waals surface area contributed by atoms with Gasteiger partial charge in [-0.25, -0.2) is 14.8 Å². The molecule has 292 valence electrons. The maximum atomic E-state index is 12.1. The smallest absolute Gasteiger partial charge is 0.314 e. The second-order valence-corrected chi connectivity index (χ2v) is 12.2. The van der Waals surface area contributed by atoms with E-state index in [4.69, 9.17) is 51.5 Å². The number of carbonyl (C=O) groups excluding carboxylic acids is 2. The van der Waals surface area contributed by atoms with Crippen molar-refractivity contribution in [3.63, 3.8) is 0 Å². The number of rotatable bonds is 29. The van der Waals surface area contributed by atoms with Crippen LogP contribution >= 0.6 is 11.6 Å². The molecule has 2 aromatic carbocycles. The number of nitrogens with two attached hydrogens (primary N) is 2. The molecule has 6 N–H and O–H groups in total. The Morgan fingerprint density at radius 3 is 1.92 bits per heavy atom. The van der Waals surface area contributed by atoms with Crippen LogP contribution in [0.5, 0.6) is 5.75 Å². The molecule has 0 unspecified atom stereocenters. The van der Waals surface area contributed by atoms with Crippen LogP contribution in [-0.4, -0.2) is 114 Å². The van der Waals surface area contributed by atoms with E-state index in [0.717, 1.165) is 23.8 Å². The Labute approximate surface area is 316 Å². The minimum atomic E-state index is -0.175. The van der Waals surface area contributed by atoms with E-state index < -0.39 is 0 Å². The number of hydrogen-bond acceptors (Lipinski definition) is 11. The summed E-state index contributed by atoms with van der Waals surface area (Å²) in [5, 5.41) is 6.86. The molecule has 0 fully saturated rings. The van der Waals surface area contributed by atoms with Crippen molar-refractivity contribution >= 4 is 46.2 Å². The molecule has 15 nitrogen and oxygen atoms in total. The first-order valence-electron chi connectivity index (χ1n) is 18.1. The lowest BCUT2D eigenvalue weighted by molar-refractivity contribution is -0.119. The van der Waals surface area contributed by atoms with Crippen LogP contribution in [0.4, 0.5) is 10.7 Å². The third kappa shape index (κ3) is 19.0. The lowest BCUT2D eigenvalue weighted by atomic mass is 10.1. The number of urea groups is 1. The number of aliphatic imine (C=N–C) groups is 1. The van der Waals surface area contributed by atoms with Gasteiger partial charge in [-0.3, -0.25) is 4.79 Å². The quantitative estimate of drug-likeness (QED) is 0.0438. The van der Waals surface area contributed by atoms with Crippen molar-refractivity contribution in [1.29, 1.82) is 0 Å². The number of benzene rings is 2. The topological polar surface area (TPSA) is 204 Å². The number of hydrogen-bond donors (Lipinski definition) is 4. The van der Waals surface area contributed by atoms with E-state index in [1.165, 1.54) is 0 Å². The predicted molar refractivity (Wildman–Crippen MR) is 205 cm³/mol. The number of carbonyl (C=O) groups is 2. The molecule has 0 saturated heterocycles. The van der Waals surface area contributed by atoms with Gasteiger partial charge in [0, 0.05) is 55.1 Å². The van der Waals surface area contributed by atoms with Crippen molar-refractivity contribution < 1.29 is 38.0 Å². The number of Topliss-reactive ketones (excluding diaryl/α,β-unsaturated/α-hetero) is 1. The Morgan fingerprint density at radius 1 is 0.717 bits per heavy atom. The van der Waals surface area contributed by atoms with Crippen LogP contribution in [0.3, 0.4) is 0 Å². The van der Waals surface area contributed by atoms with Crippen LogP contribution in [0.1, 0.15) is 45.4 Å². The molecule has 1 heterocycles.